The quantitative estimate of drug-likeness (QED) is 0.391. The Labute approximate surface area is 153 Å². The van der Waals surface area contributed by atoms with Crippen LogP contribution in [-0.4, -0.2) is 0 Å². The van der Waals surface area contributed by atoms with Crippen LogP contribution in [0.4, 0.5) is 0 Å². The molecular weight excluding hydrogens is 288 g/mol. The van der Waals surface area contributed by atoms with Crippen molar-refractivity contribution in [3.63, 3.8) is 0 Å². The zero-order valence-corrected chi connectivity index (χ0v) is 17.9. The molecule has 138 valence electrons. The summed E-state index contributed by atoms with van der Waals surface area (Å²) in [7, 11) is 0. The molecule has 0 nitrogen and oxygen atoms in total. The fraction of sp³-hybridized carbons (Fsp3) is 0.500. The van der Waals surface area contributed by atoms with E-state index < -0.39 is 0 Å². The highest BCUT2D eigenvalue weighted by Crippen LogP contribution is 2.24. The molecule has 0 aromatic rings. The third-order valence-corrected chi connectivity index (χ3v) is 2.86. The van der Waals surface area contributed by atoms with E-state index in [1.54, 1.807) is 0 Å². The molecule has 0 aliphatic carbocycles. The van der Waals surface area contributed by atoms with Gasteiger partial charge in [-0.25, -0.2) is 0 Å². The molecule has 0 amide bonds. The van der Waals surface area contributed by atoms with E-state index in [2.05, 4.69) is 78.2 Å². The van der Waals surface area contributed by atoms with E-state index in [0.29, 0.717) is 5.92 Å². The van der Waals surface area contributed by atoms with Crippen LogP contribution in [0.2, 0.25) is 0 Å². The zero-order valence-electron chi connectivity index (χ0n) is 17.9. The van der Waals surface area contributed by atoms with Crippen LogP contribution in [0.1, 0.15) is 75.2 Å². The molecule has 0 heteroatoms. The summed E-state index contributed by atoms with van der Waals surface area (Å²) < 4.78 is 0. The average molecular weight is 331 g/mol. The number of rotatable bonds is 8. The summed E-state index contributed by atoms with van der Waals surface area (Å²) >= 11 is 0. The molecule has 0 fully saturated rings. The van der Waals surface area contributed by atoms with Crippen LogP contribution in [0, 0.1) is 5.92 Å². The van der Waals surface area contributed by atoms with Gasteiger partial charge in [0.1, 0.15) is 0 Å². The number of hydrogen-bond acceptors (Lipinski definition) is 0. The lowest BCUT2D eigenvalue weighted by Crippen LogP contribution is -1.92. The Kier molecular flexibility index (Phi) is 22.2. The summed E-state index contributed by atoms with van der Waals surface area (Å²) in [4.78, 5) is 0. The van der Waals surface area contributed by atoms with Crippen molar-refractivity contribution in [1.82, 2.24) is 0 Å². The largest absolute Gasteiger partial charge is 0.0991 e. The first-order chi connectivity index (χ1) is 11.4. The summed E-state index contributed by atoms with van der Waals surface area (Å²) in [5, 5.41) is 0. The second-order valence-corrected chi connectivity index (χ2v) is 5.59. The van der Waals surface area contributed by atoms with Crippen LogP contribution in [0.3, 0.4) is 0 Å². The first-order valence-corrected chi connectivity index (χ1v) is 9.44. The third kappa shape index (κ3) is 15.3. The molecule has 0 bridgehead atoms. The van der Waals surface area contributed by atoms with Crippen molar-refractivity contribution in [3.8, 4) is 0 Å². The second-order valence-electron chi connectivity index (χ2n) is 5.59. The van der Waals surface area contributed by atoms with Crippen LogP contribution in [0.15, 0.2) is 71.9 Å². The summed E-state index contributed by atoms with van der Waals surface area (Å²) in [5.74, 6) is 0.557. The Morgan fingerprint density at radius 3 is 1.92 bits per heavy atom. The summed E-state index contributed by atoms with van der Waals surface area (Å²) in [6.07, 6.45) is 14.6. The molecule has 0 aliphatic rings. The van der Waals surface area contributed by atoms with E-state index >= 15 is 0 Å². The van der Waals surface area contributed by atoms with Crippen molar-refractivity contribution in [1.29, 1.82) is 0 Å². The predicted molar refractivity (Wildman–Crippen MR) is 117 cm³/mol. The standard InChI is InChI=1S/C20H30.2C2H6/c1-8-10-12-20(17(5)6)19(11-9-2)15-18(7)14-13-16(3)4;2*1-2/h9-14,16H,2,7-8,15H2,1,3-6H3;2*1-2H3/b12-10-,14-13-,19-11-;;. The van der Waals surface area contributed by atoms with Crippen molar-refractivity contribution in [2.75, 3.05) is 0 Å². The molecule has 0 heterocycles. The molecule has 0 saturated heterocycles. The van der Waals surface area contributed by atoms with Crippen molar-refractivity contribution >= 4 is 0 Å². The average Bonchev–Trinajstić information content (AvgIpc) is 2.57. The SMILES string of the molecule is C=C/C=C(/CC(=C)/C=C\C(C)C)C(/C=C\CC)=C(C)C.CC.CC. The van der Waals surface area contributed by atoms with Crippen molar-refractivity contribution in [2.45, 2.75) is 75.2 Å². The van der Waals surface area contributed by atoms with Gasteiger partial charge in [0.05, 0.1) is 0 Å². The van der Waals surface area contributed by atoms with Crippen LogP contribution in [0.25, 0.3) is 0 Å². The van der Waals surface area contributed by atoms with Gasteiger partial charge >= 0.3 is 0 Å². The van der Waals surface area contributed by atoms with Gasteiger partial charge in [-0.15, -0.1) is 0 Å². The van der Waals surface area contributed by atoms with E-state index in [4.69, 9.17) is 0 Å². The molecule has 0 unspecified atom stereocenters. The topological polar surface area (TPSA) is 0 Å². The van der Waals surface area contributed by atoms with Crippen molar-refractivity contribution in [2.24, 2.45) is 5.92 Å². The predicted octanol–water partition coefficient (Wildman–Crippen LogP) is 8.61. The van der Waals surface area contributed by atoms with Gasteiger partial charge in [0.25, 0.3) is 0 Å². The minimum Gasteiger partial charge on any atom is -0.0991 e. The molecule has 0 saturated carbocycles. The molecule has 0 aliphatic heterocycles. The highest BCUT2D eigenvalue weighted by molar-refractivity contribution is 5.46. The molecule has 0 radical (unpaired) electrons. The van der Waals surface area contributed by atoms with Crippen LogP contribution >= 0.6 is 0 Å². The number of hydrogen-bond donors (Lipinski definition) is 0. The Hall–Kier alpha value is -1.56. The van der Waals surface area contributed by atoms with Gasteiger partial charge in [0.2, 0.25) is 0 Å². The van der Waals surface area contributed by atoms with Gasteiger partial charge in [-0.2, -0.15) is 0 Å². The maximum atomic E-state index is 4.16. The molecule has 0 spiro atoms. The summed E-state index contributed by atoms with van der Waals surface area (Å²) in [6, 6.07) is 0. The fourth-order valence-corrected chi connectivity index (χ4v) is 1.85. The lowest BCUT2D eigenvalue weighted by Gasteiger charge is -2.11. The fourth-order valence-electron chi connectivity index (χ4n) is 1.85. The van der Waals surface area contributed by atoms with Crippen molar-refractivity contribution in [3.05, 3.63) is 71.9 Å². The Balaban J connectivity index is -0.00000102. The van der Waals surface area contributed by atoms with Gasteiger partial charge in [0.15, 0.2) is 0 Å². The normalized spacial score (nSPS) is 10.8. The van der Waals surface area contributed by atoms with Crippen LogP contribution in [0.5, 0.6) is 0 Å². The van der Waals surface area contributed by atoms with Gasteiger partial charge in [0, 0.05) is 0 Å². The van der Waals surface area contributed by atoms with Crippen LogP contribution < -0.4 is 0 Å². The zero-order chi connectivity index (χ0) is 19.5. The highest BCUT2D eigenvalue weighted by atomic mass is 14.1. The van der Waals surface area contributed by atoms with Gasteiger partial charge in [-0.3, -0.25) is 0 Å². The maximum Gasteiger partial charge on any atom is -0.00258 e. The van der Waals surface area contributed by atoms with Gasteiger partial charge in [-0.05, 0) is 43.8 Å². The van der Waals surface area contributed by atoms with E-state index in [9.17, 15) is 0 Å². The lowest BCUT2D eigenvalue weighted by atomic mass is 9.94. The third-order valence-electron chi connectivity index (χ3n) is 2.86. The Bertz CT molecular complexity index is 433. The summed E-state index contributed by atoms with van der Waals surface area (Å²) in [5.41, 5.74) is 5.04. The summed E-state index contributed by atoms with van der Waals surface area (Å²) in [6.45, 7) is 26.8. The highest BCUT2D eigenvalue weighted by Gasteiger charge is 2.05. The van der Waals surface area contributed by atoms with Crippen molar-refractivity contribution < 1.29 is 0 Å². The van der Waals surface area contributed by atoms with Gasteiger partial charge in [-0.1, -0.05) is 109 Å². The first kappa shape index (κ1) is 27.3. The van der Waals surface area contributed by atoms with Crippen LogP contribution in [-0.2, 0) is 0 Å². The molecule has 0 atom stereocenters. The van der Waals surface area contributed by atoms with E-state index in [1.807, 2.05) is 33.8 Å². The molecule has 0 rings (SSSR count). The monoisotopic (exact) mass is 330 g/mol. The second kappa shape index (κ2) is 19.5. The lowest BCUT2D eigenvalue weighted by molar-refractivity contribution is 0.830. The Morgan fingerprint density at radius 2 is 1.54 bits per heavy atom. The van der Waals surface area contributed by atoms with E-state index in [0.717, 1.165) is 18.4 Å². The molecular formula is C24H42. The smallest absolute Gasteiger partial charge is 0.00258 e. The molecule has 0 aromatic carbocycles. The van der Waals surface area contributed by atoms with Gasteiger partial charge < -0.3 is 0 Å². The van der Waals surface area contributed by atoms with E-state index in [-0.39, 0.29) is 0 Å². The minimum absolute atomic E-state index is 0.557. The molecule has 0 aromatic heterocycles. The maximum absolute atomic E-state index is 4.16. The van der Waals surface area contributed by atoms with E-state index in [1.165, 1.54) is 16.7 Å². The minimum atomic E-state index is 0.557. The molecule has 24 heavy (non-hydrogen) atoms. The first-order valence-electron chi connectivity index (χ1n) is 9.44. The molecule has 0 N–H and O–H groups in total. The number of allylic oxidation sites excluding steroid dienone is 10. The Morgan fingerprint density at radius 1 is 1.00 bits per heavy atom.